The summed E-state index contributed by atoms with van der Waals surface area (Å²) in [5.74, 6) is 4.60. The summed E-state index contributed by atoms with van der Waals surface area (Å²) in [6, 6.07) is 2.29. The topological polar surface area (TPSA) is 129 Å². The van der Waals surface area contributed by atoms with E-state index >= 15 is 0 Å². The molecular formula is C11H14N4O5. The predicted molar refractivity (Wildman–Crippen MR) is 67.6 cm³/mol. The molecule has 9 heteroatoms. The molecule has 1 aliphatic rings. The Morgan fingerprint density at radius 2 is 2.30 bits per heavy atom. The maximum Gasteiger partial charge on any atom is 0.285 e. The quantitative estimate of drug-likeness (QED) is 0.325. The van der Waals surface area contributed by atoms with Crippen molar-refractivity contribution in [3.63, 3.8) is 0 Å². The molecule has 2 rings (SSSR count). The number of carbonyl (C=O) groups excluding carboxylic acids is 1. The molecular weight excluding hydrogens is 268 g/mol. The fraction of sp³-hybridized carbons (Fsp3) is 0.455. The number of carbonyl (C=O) groups is 1. The minimum Gasteiger partial charge on any atom is -0.363 e. The maximum atomic E-state index is 11.6. The molecule has 1 saturated heterocycles. The van der Waals surface area contributed by atoms with Crippen LogP contribution in [0.15, 0.2) is 23.1 Å². The first-order chi connectivity index (χ1) is 9.51. The van der Waals surface area contributed by atoms with Gasteiger partial charge >= 0.3 is 0 Å². The Labute approximate surface area is 113 Å². The van der Waals surface area contributed by atoms with Gasteiger partial charge in [-0.3, -0.25) is 25.1 Å². The monoisotopic (exact) mass is 282 g/mol. The van der Waals surface area contributed by atoms with Gasteiger partial charge in [0.2, 0.25) is 0 Å². The third-order valence-corrected chi connectivity index (χ3v) is 3.12. The summed E-state index contributed by atoms with van der Waals surface area (Å²) >= 11 is 0. The minimum atomic E-state index is -0.639. The molecule has 0 aromatic carbocycles. The molecule has 1 amide bonds. The molecule has 2 unspecified atom stereocenters. The molecule has 2 heterocycles. The van der Waals surface area contributed by atoms with Crippen LogP contribution in [-0.4, -0.2) is 27.6 Å². The van der Waals surface area contributed by atoms with Gasteiger partial charge in [-0.2, -0.15) is 0 Å². The van der Waals surface area contributed by atoms with Gasteiger partial charge in [-0.05, 0) is 12.8 Å². The first-order valence-electron chi connectivity index (χ1n) is 6.02. The van der Waals surface area contributed by atoms with Gasteiger partial charge in [0.25, 0.3) is 17.2 Å². The Balaban J connectivity index is 2.08. The zero-order valence-corrected chi connectivity index (χ0v) is 10.5. The van der Waals surface area contributed by atoms with E-state index in [-0.39, 0.29) is 23.9 Å². The highest BCUT2D eigenvalue weighted by molar-refractivity contribution is 5.80. The van der Waals surface area contributed by atoms with Gasteiger partial charge in [0.15, 0.2) is 0 Å². The fourth-order valence-electron chi connectivity index (χ4n) is 2.11. The molecule has 1 fully saturated rings. The number of hydrazine groups is 1. The van der Waals surface area contributed by atoms with Crippen LogP contribution in [0.4, 0.5) is 5.69 Å². The Hall–Kier alpha value is -2.26. The molecule has 1 aromatic heterocycles. The summed E-state index contributed by atoms with van der Waals surface area (Å²) in [7, 11) is 0. The lowest BCUT2D eigenvalue weighted by Gasteiger charge is -2.13. The van der Waals surface area contributed by atoms with E-state index in [0.29, 0.717) is 12.8 Å². The fourth-order valence-corrected chi connectivity index (χ4v) is 2.11. The number of pyridine rings is 1. The van der Waals surface area contributed by atoms with E-state index in [4.69, 9.17) is 10.6 Å². The second-order valence-electron chi connectivity index (χ2n) is 4.47. The minimum absolute atomic E-state index is 0.162. The number of ether oxygens (including phenoxy) is 1. The van der Waals surface area contributed by atoms with Crippen LogP contribution >= 0.6 is 0 Å². The van der Waals surface area contributed by atoms with Gasteiger partial charge in [-0.15, -0.1) is 0 Å². The third kappa shape index (κ3) is 3.00. The van der Waals surface area contributed by atoms with Crippen molar-refractivity contribution in [1.29, 1.82) is 0 Å². The van der Waals surface area contributed by atoms with Crippen molar-refractivity contribution in [2.75, 3.05) is 0 Å². The smallest absolute Gasteiger partial charge is 0.285 e. The predicted octanol–water partition coefficient (Wildman–Crippen LogP) is -0.706. The van der Waals surface area contributed by atoms with Gasteiger partial charge in [0.1, 0.15) is 6.10 Å². The van der Waals surface area contributed by atoms with Gasteiger partial charge in [0, 0.05) is 12.1 Å². The van der Waals surface area contributed by atoms with E-state index in [2.05, 4.69) is 0 Å². The Bertz CT molecular complexity index is 584. The van der Waals surface area contributed by atoms with Crippen LogP contribution in [0.5, 0.6) is 0 Å². The molecule has 0 radical (unpaired) electrons. The Kier molecular flexibility index (Phi) is 4.11. The van der Waals surface area contributed by atoms with Crippen molar-refractivity contribution < 1.29 is 14.5 Å². The molecule has 0 saturated carbocycles. The van der Waals surface area contributed by atoms with E-state index in [1.165, 1.54) is 10.8 Å². The average Bonchev–Trinajstić information content (AvgIpc) is 2.88. The van der Waals surface area contributed by atoms with Gasteiger partial charge < -0.3 is 9.30 Å². The van der Waals surface area contributed by atoms with Crippen LogP contribution in [0.25, 0.3) is 0 Å². The highest BCUT2D eigenvalue weighted by atomic mass is 16.6. The van der Waals surface area contributed by atoms with Gasteiger partial charge in [-0.1, -0.05) is 0 Å². The molecule has 0 aliphatic carbocycles. The van der Waals surface area contributed by atoms with Crippen molar-refractivity contribution in [3.8, 4) is 0 Å². The number of nitrogens with two attached hydrogens (primary N) is 1. The zero-order valence-electron chi connectivity index (χ0n) is 10.5. The highest BCUT2D eigenvalue weighted by Gasteiger charge is 2.30. The van der Waals surface area contributed by atoms with Crippen LogP contribution in [0, 0.1) is 10.1 Å². The van der Waals surface area contributed by atoms with Crippen molar-refractivity contribution in [1.82, 2.24) is 9.99 Å². The lowest BCUT2D eigenvalue weighted by molar-refractivity contribution is -0.385. The van der Waals surface area contributed by atoms with Crippen LogP contribution in [0.2, 0.25) is 0 Å². The van der Waals surface area contributed by atoms with Crippen LogP contribution < -0.4 is 16.8 Å². The summed E-state index contributed by atoms with van der Waals surface area (Å²) in [5, 5.41) is 10.7. The molecule has 9 nitrogen and oxygen atoms in total. The normalized spacial score (nSPS) is 21.6. The summed E-state index contributed by atoms with van der Waals surface area (Å²) < 4.78 is 6.67. The molecule has 3 N–H and O–H groups in total. The average molecular weight is 282 g/mol. The number of amides is 1. The lowest BCUT2D eigenvalue weighted by atomic mass is 10.2. The van der Waals surface area contributed by atoms with Crippen LogP contribution in [-0.2, 0) is 16.1 Å². The van der Waals surface area contributed by atoms with Crippen LogP contribution in [0.1, 0.15) is 12.8 Å². The molecule has 2 atom stereocenters. The first kappa shape index (κ1) is 14.2. The summed E-state index contributed by atoms with van der Waals surface area (Å²) in [4.78, 5) is 33.0. The summed E-state index contributed by atoms with van der Waals surface area (Å²) in [6.45, 7) is 0.162. The first-order valence-corrected chi connectivity index (χ1v) is 6.02. The van der Waals surface area contributed by atoms with Crippen LogP contribution in [0.3, 0.4) is 0 Å². The van der Waals surface area contributed by atoms with E-state index in [1.54, 1.807) is 0 Å². The summed E-state index contributed by atoms with van der Waals surface area (Å²) in [5.41, 5.74) is 1.48. The molecule has 20 heavy (non-hydrogen) atoms. The van der Waals surface area contributed by atoms with E-state index < -0.39 is 16.9 Å². The molecule has 0 spiro atoms. The second kappa shape index (κ2) is 5.80. The van der Waals surface area contributed by atoms with Crippen molar-refractivity contribution in [3.05, 3.63) is 38.8 Å². The molecule has 0 bridgehead atoms. The molecule has 1 aliphatic heterocycles. The number of hydrogen-bond donors (Lipinski definition) is 2. The van der Waals surface area contributed by atoms with E-state index in [0.717, 1.165) is 12.1 Å². The zero-order chi connectivity index (χ0) is 14.7. The van der Waals surface area contributed by atoms with Crippen molar-refractivity contribution in [2.24, 2.45) is 5.84 Å². The van der Waals surface area contributed by atoms with Gasteiger partial charge in [-0.25, -0.2) is 5.84 Å². The van der Waals surface area contributed by atoms with E-state index in [1.807, 2.05) is 5.43 Å². The third-order valence-electron chi connectivity index (χ3n) is 3.12. The van der Waals surface area contributed by atoms with Gasteiger partial charge in [0.05, 0.1) is 23.8 Å². The lowest BCUT2D eigenvalue weighted by Crippen LogP contribution is -2.39. The van der Waals surface area contributed by atoms with E-state index in [9.17, 15) is 19.7 Å². The number of nitrogens with zero attached hydrogens (tertiary/aromatic N) is 2. The Morgan fingerprint density at radius 3 is 2.95 bits per heavy atom. The van der Waals surface area contributed by atoms with Crippen molar-refractivity contribution >= 4 is 11.6 Å². The number of nitro groups is 1. The Morgan fingerprint density at radius 1 is 1.55 bits per heavy atom. The number of aromatic nitrogens is 1. The number of rotatable bonds is 4. The number of hydrogen-bond acceptors (Lipinski definition) is 6. The largest absolute Gasteiger partial charge is 0.363 e. The summed E-state index contributed by atoms with van der Waals surface area (Å²) in [6.07, 6.45) is 1.25. The molecule has 108 valence electrons. The highest BCUT2D eigenvalue weighted by Crippen LogP contribution is 2.21. The maximum absolute atomic E-state index is 11.6. The number of nitrogens with one attached hydrogen (secondary N) is 1. The van der Waals surface area contributed by atoms with Crippen molar-refractivity contribution in [2.45, 2.75) is 31.6 Å². The second-order valence-corrected chi connectivity index (χ2v) is 4.47. The SMILES string of the molecule is NNC(=O)C1CCC(Cn2cc([N+](=O)[O-])ccc2=O)O1. The molecule has 1 aromatic rings. The standard InChI is InChI=1S/C11H14N4O5/c12-13-11(17)9-3-2-8(20-9)6-14-5-7(15(18)19)1-4-10(14)16/h1,4-5,8-9H,2-3,6,12H2,(H,13,17).